The Morgan fingerprint density at radius 1 is 1.14 bits per heavy atom. The number of rotatable bonds is 8. The SMILES string of the molecule is O=C(O)C(CCCCCc1ccc(Cl)cc1)c1cccs1. The molecule has 0 saturated heterocycles. The Kier molecular flexibility index (Phi) is 6.27. The molecule has 1 aromatic heterocycles. The van der Waals surface area contributed by atoms with Gasteiger partial charge in [0.1, 0.15) is 0 Å². The molecule has 1 N–H and O–H groups in total. The molecular weight excluding hydrogens is 304 g/mol. The van der Waals surface area contributed by atoms with Gasteiger partial charge in [-0.2, -0.15) is 0 Å². The van der Waals surface area contributed by atoms with Crippen LogP contribution >= 0.6 is 22.9 Å². The zero-order valence-corrected chi connectivity index (χ0v) is 13.4. The summed E-state index contributed by atoms with van der Waals surface area (Å²) in [6.45, 7) is 0. The molecule has 2 rings (SSSR count). The zero-order valence-electron chi connectivity index (χ0n) is 11.8. The van der Waals surface area contributed by atoms with Crippen molar-refractivity contribution < 1.29 is 9.90 Å². The molecule has 0 saturated carbocycles. The first-order valence-electron chi connectivity index (χ1n) is 7.17. The van der Waals surface area contributed by atoms with Crippen LogP contribution in [0.15, 0.2) is 41.8 Å². The van der Waals surface area contributed by atoms with Gasteiger partial charge in [0, 0.05) is 9.90 Å². The van der Waals surface area contributed by atoms with Crippen LogP contribution in [-0.4, -0.2) is 11.1 Å². The van der Waals surface area contributed by atoms with Gasteiger partial charge in [-0.1, -0.05) is 42.6 Å². The third kappa shape index (κ3) is 5.18. The van der Waals surface area contributed by atoms with Gasteiger partial charge in [-0.05, 0) is 48.4 Å². The van der Waals surface area contributed by atoms with Gasteiger partial charge in [-0.25, -0.2) is 0 Å². The number of thiophene rings is 1. The minimum absolute atomic E-state index is 0.347. The molecule has 1 aromatic carbocycles. The Hall–Kier alpha value is -1.32. The number of unbranched alkanes of at least 4 members (excludes halogenated alkanes) is 2. The summed E-state index contributed by atoms with van der Waals surface area (Å²) in [6.07, 6.45) is 4.82. The maximum absolute atomic E-state index is 11.3. The van der Waals surface area contributed by atoms with Crippen LogP contribution in [0.25, 0.3) is 0 Å². The van der Waals surface area contributed by atoms with Crippen LogP contribution in [0.1, 0.15) is 42.0 Å². The smallest absolute Gasteiger partial charge is 0.311 e. The molecule has 0 amide bonds. The number of aliphatic carboxylic acids is 1. The standard InChI is InChI=1S/C17H19ClO2S/c18-14-10-8-13(9-11-14)5-2-1-3-6-15(17(19)20)16-7-4-12-21-16/h4,7-12,15H,1-3,5-6H2,(H,19,20). The average molecular weight is 323 g/mol. The van der Waals surface area contributed by atoms with Crippen molar-refractivity contribution in [1.82, 2.24) is 0 Å². The summed E-state index contributed by atoms with van der Waals surface area (Å²) in [5.74, 6) is -1.06. The summed E-state index contributed by atoms with van der Waals surface area (Å²) in [7, 11) is 0. The molecule has 1 unspecified atom stereocenters. The van der Waals surface area contributed by atoms with Crippen LogP contribution in [0.5, 0.6) is 0 Å². The number of halogens is 1. The molecule has 0 radical (unpaired) electrons. The summed E-state index contributed by atoms with van der Waals surface area (Å²) >= 11 is 7.38. The fraction of sp³-hybridized carbons (Fsp3) is 0.353. The number of hydrogen-bond donors (Lipinski definition) is 1. The topological polar surface area (TPSA) is 37.3 Å². The predicted molar refractivity (Wildman–Crippen MR) is 88.3 cm³/mol. The number of carbonyl (C=O) groups is 1. The predicted octanol–water partition coefficient (Wildman–Crippen LogP) is 5.37. The molecule has 1 heterocycles. The van der Waals surface area contributed by atoms with Crippen LogP contribution in [0, 0.1) is 0 Å². The van der Waals surface area contributed by atoms with Gasteiger partial charge in [-0.3, -0.25) is 4.79 Å². The lowest BCUT2D eigenvalue weighted by Gasteiger charge is -2.10. The second-order valence-corrected chi connectivity index (χ2v) is 6.55. The quantitative estimate of drug-likeness (QED) is 0.663. The fourth-order valence-electron chi connectivity index (χ4n) is 2.38. The van der Waals surface area contributed by atoms with E-state index in [1.807, 2.05) is 41.8 Å². The van der Waals surface area contributed by atoms with Crippen LogP contribution in [0.2, 0.25) is 5.02 Å². The third-order valence-electron chi connectivity index (χ3n) is 3.56. The highest BCUT2D eigenvalue weighted by atomic mass is 35.5. The normalized spacial score (nSPS) is 12.2. The van der Waals surface area contributed by atoms with E-state index in [1.165, 1.54) is 16.9 Å². The minimum Gasteiger partial charge on any atom is -0.481 e. The minimum atomic E-state index is -0.713. The summed E-state index contributed by atoms with van der Waals surface area (Å²) in [4.78, 5) is 12.3. The van der Waals surface area contributed by atoms with Crippen molar-refractivity contribution in [3.63, 3.8) is 0 Å². The number of hydrogen-bond acceptors (Lipinski definition) is 2. The number of carboxylic acid groups (broad SMARTS) is 1. The molecule has 4 heteroatoms. The number of carboxylic acids is 1. The van der Waals surface area contributed by atoms with Gasteiger partial charge in [0.15, 0.2) is 0 Å². The summed E-state index contributed by atoms with van der Waals surface area (Å²) in [5, 5.41) is 12.0. The molecule has 0 spiro atoms. The van der Waals surface area contributed by atoms with Crippen molar-refractivity contribution in [3.05, 3.63) is 57.2 Å². The molecule has 0 bridgehead atoms. The highest BCUT2D eigenvalue weighted by Gasteiger charge is 2.19. The molecule has 21 heavy (non-hydrogen) atoms. The summed E-state index contributed by atoms with van der Waals surface area (Å²) in [6, 6.07) is 11.7. The van der Waals surface area contributed by atoms with E-state index in [9.17, 15) is 9.90 Å². The van der Waals surface area contributed by atoms with E-state index >= 15 is 0 Å². The molecule has 0 aliphatic carbocycles. The van der Waals surface area contributed by atoms with Gasteiger partial charge in [-0.15, -0.1) is 11.3 Å². The lowest BCUT2D eigenvalue weighted by molar-refractivity contribution is -0.138. The van der Waals surface area contributed by atoms with Crippen LogP contribution in [0.3, 0.4) is 0 Å². The van der Waals surface area contributed by atoms with Crippen LogP contribution in [0.4, 0.5) is 0 Å². The van der Waals surface area contributed by atoms with E-state index < -0.39 is 5.97 Å². The summed E-state index contributed by atoms with van der Waals surface area (Å²) in [5.41, 5.74) is 1.28. The molecule has 1 atom stereocenters. The molecule has 0 fully saturated rings. The molecule has 112 valence electrons. The highest BCUT2D eigenvalue weighted by molar-refractivity contribution is 7.10. The second kappa shape index (κ2) is 8.20. The van der Waals surface area contributed by atoms with Gasteiger partial charge in [0.05, 0.1) is 5.92 Å². The molecule has 0 aliphatic rings. The molecule has 2 nitrogen and oxygen atoms in total. The van der Waals surface area contributed by atoms with Gasteiger partial charge >= 0.3 is 5.97 Å². The molecule has 2 aromatic rings. The first kappa shape index (κ1) is 16.1. The number of benzene rings is 1. The van der Waals surface area contributed by atoms with Crippen molar-refractivity contribution in [3.8, 4) is 0 Å². The van der Waals surface area contributed by atoms with Gasteiger partial charge < -0.3 is 5.11 Å². The monoisotopic (exact) mass is 322 g/mol. The Labute approximate surface area is 134 Å². The van der Waals surface area contributed by atoms with E-state index in [0.717, 1.165) is 42.0 Å². The van der Waals surface area contributed by atoms with E-state index in [1.54, 1.807) is 0 Å². The Bertz CT molecular complexity index is 549. The summed E-state index contributed by atoms with van der Waals surface area (Å²) < 4.78 is 0. The third-order valence-corrected chi connectivity index (χ3v) is 4.79. The lowest BCUT2D eigenvalue weighted by atomic mass is 9.98. The van der Waals surface area contributed by atoms with E-state index in [4.69, 9.17) is 11.6 Å². The Balaban J connectivity index is 1.71. The highest BCUT2D eigenvalue weighted by Crippen LogP contribution is 2.27. The van der Waals surface area contributed by atoms with Crippen molar-refractivity contribution in [2.24, 2.45) is 0 Å². The molecule has 0 aliphatic heterocycles. The van der Waals surface area contributed by atoms with Crippen molar-refractivity contribution >= 4 is 28.9 Å². The van der Waals surface area contributed by atoms with Gasteiger partial charge in [0.25, 0.3) is 0 Å². The average Bonchev–Trinajstić information content (AvgIpc) is 2.98. The maximum atomic E-state index is 11.3. The second-order valence-electron chi connectivity index (χ2n) is 5.13. The Morgan fingerprint density at radius 2 is 1.90 bits per heavy atom. The fourth-order valence-corrected chi connectivity index (χ4v) is 3.36. The zero-order chi connectivity index (χ0) is 15.1. The van der Waals surface area contributed by atoms with Crippen molar-refractivity contribution in [1.29, 1.82) is 0 Å². The van der Waals surface area contributed by atoms with Crippen LogP contribution < -0.4 is 0 Å². The van der Waals surface area contributed by atoms with E-state index in [2.05, 4.69) is 0 Å². The number of aryl methyl sites for hydroxylation is 1. The van der Waals surface area contributed by atoms with Crippen LogP contribution in [-0.2, 0) is 11.2 Å². The van der Waals surface area contributed by atoms with Crippen molar-refractivity contribution in [2.75, 3.05) is 0 Å². The van der Waals surface area contributed by atoms with E-state index in [0.29, 0.717) is 0 Å². The molecular formula is C17H19ClO2S. The van der Waals surface area contributed by atoms with Gasteiger partial charge in [0.2, 0.25) is 0 Å². The first-order valence-corrected chi connectivity index (χ1v) is 8.43. The largest absolute Gasteiger partial charge is 0.481 e. The van der Waals surface area contributed by atoms with Crippen molar-refractivity contribution in [2.45, 2.75) is 38.0 Å². The first-order chi connectivity index (χ1) is 10.2. The maximum Gasteiger partial charge on any atom is 0.311 e. The Morgan fingerprint density at radius 3 is 2.52 bits per heavy atom. The lowest BCUT2D eigenvalue weighted by Crippen LogP contribution is -2.10. The van der Waals surface area contributed by atoms with E-state index in [-0.39, 0.29) is 5.92 Å².